The number of hydrogen-bond acceptors (Lipinski definition) is 4. The normalized spacial score (nSPS) is 16.9. The summed E-state index contributed by atoms with van der Waals surface area (Å²) >= 11 is 0. The molecule has 0 aromatic heterocycles. The predicted molar refractivity (Wildman–Crippen MR) is 127 cm³/mol. The van der Waals surface area contributed by atoms with Crippen molar-refractivity contribution in [1.82, 2.24) is 0 Å². The maximum absolute atomic E-state index is 13.7. The van der Waals surface area contributed by atoms with Gasteiger partial charge in [0.1, 0.15) is 5.75 Å². The van der Waals surface area contributed by atoms with E-state index in [4.69, 9.17) is 9.47 Å². The molecular formula is C27H37NO3. The molecule has 0 spiro atoms. The first kappa shape index (κ1) is 23.2. The summed E-state index contributed by atoms with van der Waals surface area (Å²) in [6, 6.07) is 16.3. The van der Waals surface area contributed by atoms with E-state index in [2.05, 4.69) is 50.4 Å². The highest BCUT2D eigenvalue weighted by atomic mass is 16.5. The van der Waals surface area contributed by atoms with Crippen LogP contribution in [-0.2, 0) is 20.5 Å². The lowest BCUT2D eigenvalue weighted by Crippen LogP contribution is -2.51. The minimum absolute atomic E-state index is 0.0549. The molecule has 2 aromatic rings. The zero-order valence-corrected chi connectivity index (χ0v) is 19.7. The Morgan fingerprint density at radius 1 is 0.935 bits per heavy atom. The van der Waals surface area contributed by atoms with Crippen LogP contribution < -0.4 is 10.1 Å². The topological polar surface area (TPSA) is 47.6 Å². The lowest BCUT2D eigenvalue weighted by Gasteiger charge is -2.42. The number of benzene rings is 2. The van der Waals surface area contributed by atoms with E-state index in [1.165, 1.54) is 12.0 Å². The average Bonchev–Trinajstić information content (AvgIpc) is 2.78. The highest BCUT2D eigenvalue weighted by Crippen LogP contribution is 2.43. The minimum atomic E-state index is -0.915. The molecule has 0 radical (unpaired) electrons. The van der Waals surface area contributed by atoms with Gasteiger partial charge in [-0.25, -0.2) is 4.79 Å². The van der Waals surface area contributed by atoms with Gasteiger partial charge in [-0.15, -0.1) is 0 Å². The molecule has 1 fully saturated rings. The molecule has 0 amide bonds. The summed E-state index contributed by atoms with van der Waals surface area (Å²) in [6.07, 6.45) is 5.50. The van der Waals surface area contributed by atoms with Crippen LogP contribution in [0.25, 0.3) is 0 Å². The molecule has 1 atom stereocenters. The lowest BCUT2D eigenvalue weighted by molar-refractivity contribution is -0.151. The van der Waals surface area contributed by atoms with Crippen molar-refractivity contribution in [3.63, 3.8) is 0 Å². The quantitative estimate of drug-likeness (QED) is 0.520. The number of hydrogen-bond donors (Lipinski definition) is 1. The zero-order valence-electron chi connectivity index (χ0n) is 19.7. The summed E-state index contributed by atoms with van der Waals surface area (Å²) in [5, 5.41) is 3.64. The molecule has 4 heteroatoms. The van der Waals surface area contributed by atoms with Crippen LogP contribution in [0.1, 0.15) is 70.9 Å². The van der Waals surface area contributed by atoms with Gasteiger partial charge in [-0.2, -0.15) is 0 Å². The largest absolute Gasteiger partial charge is 0.497 e. The lowest BCUT2D eigenvalue weighted by atomic mass is 9.70. The van der Waals surface area contributed by atoms with Crippen molar-refractivity contribution in [2.45, 2.75) is 70.8 Å². The SMILES string of the molecule is CCOC(=O)C(Nc1ccc(OC)cc1)(c1ccc(C(C)(C)C)cc1)C1CCCCC1. The van der Waals surface area contributed by atoms with E-state index in [1.807, 2.05) is 31.2 Å². The van der Waals surface area contributed by atoms with Crippen molar-refractivity contribution in [2.75, 3.05) is 19.0 Å². The fourth-order valence-electron chi connectivity index (χ4n) is 4.66. The van der Waals surface area contributed by atoms with E-state index in [9.17, 15) is 4.79 Å². The predicted octanol–water partition coefficient (Wildman–Crippen LogP) is 6.44. The van der Waals surface area contributed by atoms with Gasteiger partial charge in [-0.05, 0) is 66.5 Å². The number of carbonyl (C=O) groups is 1. The van der Waals surface area contributed by atoms with Crippen LogP contribution in [0.15, 0.2) is 48.5 Å². The summed E-state index contributed by atoms with van der Waals surface area (Å²) < 4.78 is 11.0. The Kier molecular flexibility index (Phi) is 7.30. The van der Waals surface area contributed by atoms with E-state index in [1.54, 1.807) is 7.11 Å². The number of ether oxygens (including phenoxy) is 2. The molecule has 3 rings (SSSR count). The highest BCUT2D eigenvalue weighted by Gasteiger charge is 2.49. The van der Waals surface area contributed by atoms with Crippen molar-refractivity contribution >= 4 is 11.7 Å². The zero-order chi connectivity index (χ0) is 22.5. The van der Waals surface area contributed by atoms with Crippen molar-refractivity contribution in [3.8, 4) is 5.75 Å². The summed E-state index contributed by atoms with van der Waals surface area (Å²) in [5.41, 5.74) is 2.25. The second-order valence-corrected chi connectivity index (χ2v) is 9.54. The summed E-state index contributed by atoms with van der Waals surface area (Å²) in [5.74, 6) is 0.767. The highest BCUT2D eigenvalue weighted by molar-refractivity contribution is 5.87. The second kappa shape index (κ2) is 9.76. The molecule has 1 saturated carbocycles. The van der Waals surface area contributed by atoms with Crippen molar-refractivity contribution in [3.05, 3.63) is 59.7 Å². The number of rotatable bonds is 7. The van der Waals surface area contributed by atoms with Crippen LogP contribution in [0.4, 0.5) is 5.69 Å². The third kappa shape index (κ3) is 5.06. The van der Waals surface area contributed by atoms with Crippen molar-refractivity contribution in [1.29, 1.82) is 0 Å². The van der Waals surface area contributed by atoms with Gasteiger partial charge in [0.05, 0.1) is 13.7 Å². The molecule has 0 saturated heterocycles. The number of esters is 1. The summed E-state index contributed by atoms with van der Waals surface area (Å²) in [4.78, 5) is 13.7. The van der Waals surface area contributed by atoms with Crippen LogP contribution in [0.3, 0.4) is 0 Å². The first-order valence-corrected chi connectivity index (χ1v) is 11.5. The number of anilines is 1. The molecule has 1 N–H and O–H groups in total. The fraction of sp³-hybridized carbons (Fsp3) is 0.519. The standard InChI is InChI=1S/C27H37NO3/c1-6-31-25(29)27(21-10-8-7-9-11-21,28-23-16-18-24(30-5)19-17-23)22-14-12-20(13-15-22)26(2,3)4/h12-19,21,28H,6-11H2,1-5H3. The Morgan fingerprint density at radius 2 is 1.52 bits per heavy atom. The van der Waals surface area contributed by atoms with Gasteiger partial charge in [-0.3, -0.25) is 0 Å². The first-order chi connectivity index (χ1) is 14.8. The molecule has 1 aliphatic carbocycles. The molecule has 4 nitrogen and oxygen atoms in total. The second-order valence-electron chi connectivity index (χ2n) is 9.54. The fourth-order valence-corrected chi connectivity index (χ4v) is 4.66. The Balaban J connectivity index is 2.11. The van der Waals surface area contributed by atoms with Gasteiger partial charge in [0.15, 0.2) is 5.54 Å². The van der Waals surface area contributed by atoms with Crippen LogP contribution >= 0.6 is 0 Å². The van der Waals surface area contributed by atoms with Gasteiger partial charge >= 0.3 is 5.97 Å². The molecule has 168 valence electrons. The van der Waals surface area contributed by atoms with Crippen molar-refractivity contribution < 1.29 is 14.3 Å². The third-order valence-corrected chi connectivity index (χ3v) is 6.45. The molecule has 0 aliphatic heterocycles. The Labute approximate surface area is 187 Å². The van der Waals surface area contributed by atoms with Crippen LogP contribution in [0, 0.1) is 5.92 Å². The Morgan fingerprint density at radius 3 is 2.03 bits per heavy atom. The molecule has 2 aromatic carbocycles. The van der Waals surface area contributed by atoms with Crippen LogP contribution in [0.5, 0.6) is 5.75 Å². The molecule has 1 unspecified atom stereocenters. The maximum atomic E-state index is 13.7. The average molecular weight is 424 g/mol. The smallest absolute Gasteiger partial charge is 0.336 e. The first-order valence-electron chi connectivity index (χ1n) is 11.5. The van der Waals surface area contributed by atoms with Gasteiger partial charge in [0.25, 0.3) is 0 Å². The van der Waals surface area contributed by atoms with Crippen LogP contribution in [-0.4, -0.2) is 19.7 Å². The Hall–Kier alpha value is -2.49. The van der Waals surface area contributed by atoms with Crippen LogP contribution in [0.2, 0.25) is 0 Å². The van der Waals surface area contributed by atoms with Gasteiger partial charge < -0.3 is 14.8 Å². The monoisotopic (exact) mass is 423 g/mol. The van der Waals surface area contributed by atoms with E-state index in [-0.39, 0.29) is 17.3 Å². The van der Waals surface area contributed by atoms with E-state index in [0.29, 0.717) is 6.61 Å². The van der Waals surface area contributed by atoms with Gasteiger partial charge in [-0.1, -0.05) is 64.3 Å². The molecular weight excluding hydrogens is 386 g/mol. The van der Waals surface area contributed by atoms with Gasteiger partial charge in [0.2, 0.25) is 0 Å². The minimum Gasteiger partial charge on any atom is -0.497 e. The molecule has 0 heterocycles. The third-order valence-electron chi connectivity index (χ3n) is 6.45. The summed E-state index contributed by atoms with van der Waals surface area (Å²) in [6.45, 7) is 8.85. The number of nitrogens with one attached hydrogen (secondary N) is 1. The van der Waals surface area contributed by atoms with Gasteiger partial charge in [0, 0.05) is 5.69 Å². The summed E-state index contributed by atoms with van der Waals surface area (Å²) in [7, 11) is 1.66. The molecule has 1 aliphatic rings. The number of carbonyl (C=O) groups excluding carboxylic acids is 1. The molecule has 31 heavy (non-hydrogen) atoms. The van der Waals surface area contributed by atoms with E-state index in [0.717, 1.165) is 42.7 Å². The van der Waals surface area contributed by atoms with Crippen molar-refractivity contribution in [2.24, 2.45) is 5.92 Å². The van der Waals surface area contributed by atoms with E-state index >= 15 is 0 Å². The molecule has 0 bridgehead atoms. The van der Waals surface area contributed by atoms with E-state index < -0.39 is 5.54 Å². The Bertz CT molecular complexity index is 846. The number of methoxy groups -OCH3 is 1. The maximum Gasteiger partial charge on any atom is 0.336 e.